The van der Waals surface area contributed by atoms with Crippen LogP contribution in [0.4, 0.5) is 0 Å². The second kappa shape index (κ2) is 4.88. The van der Waals surface area contributed by atoms with Crippen molar-refractivity contribution in [2.75, 3.05) is 13.1 Å². The van der Waals surface area contributed by atoms with Gasteiger partial charge in [0.05, 0.1) is 11.7 Å². The lowest BCUT2D eigenvalue weighted by Crippen LogP contribution is -2.56. The Morgan fingerprint density at radius 1 is 1.06 bits per heavy atom. The van der Waals surface area contributed by atoms with Crippen molar-refractivity contribution in [1.82, 2.24) is 9.88 Å². The van der Waals surface area contributed by atoms with Gasteiger partial charge >= 0.3 is 0 Å². The van der Waals surface area contributed by atoms with Crippen LogP contribution in [0.1, 0.15) is 17.3 Å². The lowest BCUT2D eigenvalue weighted by atomic mass is 9.96. The molecule has 3 nitrogen and oxygen atoms in total. The molecule has 18 heavy (non-hydrogen) atoms. The second-order valence-corrected chi connectivity index (χ2v) is 4.78. The summed E-state index contributed by atoms with van der Waals surface area (Å²) in [4.78, 5) is 6.88. The normalized spacial score (nSPS) is 18.3. The lowest BCUT2D eigenvalue weighted by Gasteiger charge is -2.42. The molecule has 0 radical (unpaired) electrons. The van der Waals surface area contributed by atoms with E-state index in [0.717, 1.165) is 18.8 Å². The molecule has 1 atom stereocenters. The van der Waals surface area contributed by atoms with Crippen LogP contribution in [0.25, 0.3) is 0 Å². The molecule has 0 saturated carbocycles. The number of rotatable bonds is 3. The molecule has 0 bridgehead atoms. The van der Waals surface area contributed by atoms with Crippen LogP contribution in [0.5, 0.6) is 0 Å². The maximum Gasteiger partial charge on any atom is 0.0777 e. The number of pyridine rings is 1. The zero-order valence-electron chi connectivity index (χ0n) is 10.2. The molecule has 1 saturated heterocycles. The van der Waals surface area contributed by atoms with Crippen molar-refractivity contribution in [1.29, 1.82) is 0 Å². The van der Waals surface area contributed by atoms with E-state index in [9.17, 15) is 0 Å². The molecule has 1 aromatic heterocycles. The molecule has 2 heterocycles. The van der Waals surface area contributed by atoms with E-state index in [2.05, 4.69) is 40.2 Å². The highest BCUT2D eigenvalue weighted by atomic mass is 15.2. The Morgan fingerprint density at radius 3 is 2.39 bits per heavy atom. The van der Waals surface area contributed by atoms with Crippen LogP contribution in [-0.2, 0) is 0 Å². The molecule has 1 aromatic carbocycles. The molecule has 1 aliphatic heterocycles. The molecule has 2 aromatic rings. The first-order chi connectivity index (χ1) is 8.84. The fourth-order valence-corrected chi connectivity index (χ4v) is 2.50. The van der Waals surface area contributed by atoms with Crippen LogP contribution < -0.4 is 5.73 Å². The van der Waals surface area contributed by atoms with Gasteiger partial charge < -0.3 is 5.73 Å². The minimum Gasteiger partial charge on any atom is -0.325 e. The maximum absolute atomic E-state index is 5.90. The first-order valence-corrected chi connectivity index (χ1v) is 6.30. The molecule has 3 heteroatoms. The van der Waals surface area contributed by atoms with Gasteiger partial charge in [-0.3, -0.25) is 9.88 Å². The summed E-state index contributed by atoms with van der Waals surface area (Å²) < 4.78 is 0. The van der Waals surface area contributed by atoms with Crippen LogP contribution in [0.3, 0.4) is 0 Å². The van der Waals surface area contributed by atoms with E-state index in [4.69, 9.17) is 5.73 Å². The summed E-state index contributed by atoms with van der Waals surface area (Å²) in [5.41, 5.74) is 8.27. The van der Waals surface area contributed by atoms with Crippen LogP contribution in [0.2, 0.25) is 0 Å². The van der Waals surface area contributed by atoms with Crippen molar-refractivity contribution in [2.45, 2.75) is 12.1 Å². The number of hydrogen-bond donors (Lipinski definition) is 1. The molecule has 92 valence electrons. The minimum absolute atomic E-state index is 0.229. The highest BCUT2D eigenvalue weighted by Gasteiger charge is 2.32. The summed E-state index contributed by atoms with van der Waals surface area (Å²) in [5, 5.41) is 0. The van der Waals surface area contributed by atoms with Gasteiger partial charge in [0, 0.05) is 25.3 Å². The van der Waals surface area contributed by atoms with E-state index in [1.807, 2.05) is 24.4 Å². The summed E-state index contributed by atoms with van der Waals surface area (Å²) in [6, 6.07) is 17.1. The number of aromatic nitrogens is 1. The number of nitrogens with zero attached hydrogens (tertiary/aromatic N) is 2. The SMILES string of the molecule is NC1CN(C(c2ccccc2)c2ccccn2)C1. The van der Waals surface area contributed by atoms with E-state index in [1.54, 1.807) is 0 Å². The van der Waals surface area contributed by atoms with E-state index in [-0.39, 0.29) is 6.04 Å². The van der Waals surface area contributed by atoms with E-state index >= 15 is 0 Å². The van der Waals surface area contributed by atoms with Crippen LogP contribution in [0.15, 0.2) is 54.7 Å². The predicted octanol–water partition coefficient (Wildman–Crippen LogP) is 1.81. The van der Waals surface area contributed by atoms with Gasteiger partial charge in [0.1, 0.15) is 0 Å². The third-order valence-electron chi connectivity index (χ3n) is 3.39. The molecule has 1 fully saturated rings. The van der Waals surface area contributed by atoms with E-state index in [0.29, 0.717) is 6.04 Å². The molecule has 3 rings (SSSR count). The average Bonchev–Trinajstić information content (AvgIpc) is 2.40. The standard InChI is InChI=1S/C15H17N3/c16-13-10-18(11-13)15(12-6-2-1-3-7-12)14-8-4-5-9-17-14/h1-9,13,15H,10-11,16H2. The maximum atomic E-state index is 5.90. The third-order valence-corrected chi connectivity index (χ3v) is 3.39. The quantitative estimate of drug-likeness (QED) is 0.888. The minimum atomic E-state index is 0.229. The first-order valence-electron chi connectivity index (χ1n) is 6.30. The number of nitrogens with two attached hydrogens (primary N) is 1. The Hall–Kier alpha value is -1.71. The average molecular weight is 239 g/mol. The van der Waals surface area contributed by atoms with E-state index in [1.165, 1.54) is 5.56 Å². The zero-order valence-corrected chi connectivity index (χ0v) is 10.2. The van der Waals surface area contributed by atoms with E-state index < -0.39 is 0 Å². The van der Waals surface area contributed by atoms with Gasteiger partial charge in [-0.15, -0.1) is 0 Å². The monoisotopic (exact) mass is 239 g/mol. The first kappa shape index (κ1) is 11.4. The third kappa shape index (κ3) is 2.15. The number of likely N-dealkylation sites (tertiary alicyclic amines) is 1. The molecule has 0 aliphatic carbocycles. The van der Waals surface area contributed by atoms with Gasteiger partial charge in [-0.2, -0.15) is 0 Å². The smallest absolute Gasteiger partial charge is 0.0777 e. The van der Waals surface area contributed by atoms with Crippen molar-refractivity contribution in [2.24, 2.45) is 5.73 Å². The highest BCUT2D eigenvalue weighted by Crippen LogP contribution is 2.30. The summed E-state index contributed by atoms with van der Waals surface area (Å²) in [6.07, 6.45) is 1.85. The summed E-state index contributed by atoms with van der Waals surface area (Å²) >= 11 is 0. The largest absolute Gasteiger partial charge is 0.325 e. The molecule has 0 amide bonds. The van der Waals surface area contributed by atoms with Gasteiger partial charge in [-0.1, -0.05) is 36.4 Å². The lowest BCUT2D eigenvalue weighted by molar-refractivity contribution is 0.112. The second-order valence-electron chi connectivity index (χ2n) is 4.78. The molecule has 2 N–H and O–H groups in total. The fourth-order valence-electron chi connectivity index (χ4n) is 2.50. The molecule has 1 unspecified atom stereocenters. The summed E-state index contributed by atoms with van der Waals surface area (Å²) in [6.45, 7) is 1.88. The zero-order chi connectivity index (χ0) is 12.4. The Kier molecular flexibility index (Phi) is 3.09. The topological polar surface area (TPSA) is 42.1 Å². The van der Waals surface area contributed by atoms with Gasteiger partial charge in [-0.25, -0.2) is 0 Å². The fraction of sp³-hybridized carbons (Fsp3) is 0.267. The Bertz CT molecular complexity index is 452. The molecule has 1 aliphatic rings. The van der Waals surface area contributed by atoms with Crippen molar-refractivity contribution >= 4 is 0 Å². The molecule has 0 spiro atoms. The van der Waals surface area contributed by atoms with Crippen LogP contribution in [0, 0.1) is 0 Å². The summed E-state index contributed by atoms with van der Waals surface area (Å²) in [5.74, 6) is 0. The Balaban J connectivity index is 1.94. The Labute approximate surface area is 107 Å². The highest BCUT2D eigenvalue weighted by molar-refractivity contribution is 5.28. The van der Waals surface area contributed by atoms with Gasteiger partial charge in [0.15, 0.2) is 0 Å². The van der Waals surface area contributed by atoms with Crippen LogP contribution in [-0.4, -0.2) is 29.0 Å². The van der Waals surface area contributed by atoms with Crippen molar-refractivity contribution in [3.05, 3.63) is 66.0 Å². The predicted molar refractivity (Wildman–Crippen MR) is 72.1 cm³/mol. The van der Waals surface area contributed by atoms with Gasteiger partial charge in [0.25, 0.3) is 0 Å². The van der Waals surface area contributed by atoms with Crippen molar-refractivity contribution in [3.63, 3.8) is 0 Å². The van der Waals surface area contributed by atoms with Gasteiger partial charge in [0.2, 0.25) is 0 Å². The van der Waals surface area contributed by atoms with Gasteiger partial charge in [-0.05, 0) is 17.7 Å². The van der Waals surface area contributed by atoms with Crippen molar-refractivity contribution < 1.29 is 0 Å². The summed E-state index contributed by atoms with van der Waals surface area (Å²) in [7, 11) is 0. The Morgan fingerprint density at radius 2 is 1.78 bits per heavy atom. The molecular formula is C15H17N3. The van der Waals surface area contributed by atoms with Crippen LogP contribution >= 0.6 is 0 Å². The van der Waals surface area contributed by atoms with Crippen molar-refractivity contribution in [3.8, 4) is 0 Å². The number of benzene rings is 1. The number of hydrogen-bond acceptors (Lipinski definition) is 3. The molecular weight excluding hydrogens is 222 g/mol.